The number of likely N-dealkylation sites (tertiary alicyclic amines) is 1. The second-order valence-corrected chi connectivity index (χ2v) is 4.59. The van der Waals surface area contributed by atoms with E-state index >= 15 is 0 Å². The van der Waals surface area contributed by atoms with Gasteiger partial charge in [-0.1, -0.05) is 0 Å². The maximum absolute atomic E-state index is 12.1. The maximum atomic E-state index is 12.1. The van der Waals surface area contributed by atoms with Gasteiger partial charge in [0.15, 0.2) is 0 Å². The number of likely N-dealkylation sites (N-methyl/N-ethyl adjacent to an activating group) is 1. The van der Waals surface area contributed by atoms with Crippen LogP contribution in [0.25, 0.3) is 0 Å². The molecule has 9 nitrogen and oxygen atoms in total. The normalized spacial score (nSPS) is 18.8. The van der Waals surface area contributed by atoms with Crippen LogP contribution in [0.4, 0.5) is 4.79 Å². The smallest absolute Gasteiger partial charge is 0.326 e. The predicted molar refractivity (Wildman–Crippen MR) is 70.4 cm³/mol. The molecule has 118 valence electrons. The first kappa shape index (κ1) is 16.7. The van der Waals surface area contributed by atoms with E-state index in [9.17, 15) is 19.2 Å². The first-order valence-corrected chi connectivity index (χ1v) is 6.49. The number of carbonyl (C=O) groups is 4. The quantitative estimate of drug-likeness (QED) is 0.555. The lowest BCUT2D eigenvalue weighted by Gasteiger charge is -2.25. The van der Waals surface area contributed by atoms with Crippen molar-refractivity contribution in [3.8, 4) is 0 Å². The summed E-state index contributed by atoms with van der Waals surface area (Å²) in [6.45, 7) is 0.356. The minimum absolute atomic E-state index is 0.303. The molecule has 0 bridgehead atoms. The van der Waals surface area contributed by atoms with Crippen LogP contribution in [0.2, 0.25) is 0 Å². The lowest BCUT2D eigenvalue weighted by molar-refractivity contribution is -0.147. The Kier molecular flexibility index (Phi) is 5.94. The Bertz CT molecular complexity index is 439. The first-order chi connectivity index (χ1) is 9.90. The number of methoxy groups -OCH3 is 1. The van der Waals surface area contributed by atoms with Crippen LogP contribution in [0.1, 0.15) is 19.3 Å². The third-order valence-corrected chi connectivity index (χ3v) is 3.26. The molecule has 0 radical (unpaired) electrons. The molecule has 1 heterocycles. The number of aliphatic carboxylic acids is 1. The minimum Gasteiger partial charge on any atom is -0.480 e. The summed E-state index contributed by atoms with van der Waals surface area (Å²) in [5, 5.41) is 13.7. The molecule has 0 aromatic heterocycles. The van der Waals surface area contributed by atoms with E-state index < -0.39 is 36.5 Å². The van der Waals surface area contributed by atoms with Gasteiger partial charge in [-0.15, -0.1) is 0 Å². The van der Waals surface area contributed by atoms with Crippen LogP contribution in [-0.4, -0.2) is 66.7 Å². The van der Waals surface area contributed by atoms with Crippen molar-refractivity contribution in [2.24, 2.45) is 0 Å². The molecule has 9 heteroatoms. The van der Waals surface area contributed by atoms with Gasteiger partial charge in [-0.3, -0.25) is 9.59 Å². The van der Waals surface area contributed by atoms with Gasteiger partial charge in [0, 0.05) is 13.6 Å². The summed E-state index contributed by atoms with van der Waals surface area (Å²) in [5.41, 5.74) is 0. The zero-order chi connectivity index (χ0) is 16.0. The van der Waals surface area contributed by atoms with Gasteiger partial charge in [0.1, 0.15) is 12.1 Å². The number of carboxylic acids is 1. The van der Waals surface area contributed by atoms with Crippen molar-refractivity contribution in [3.05, 3.63) is 0 Å². The fourth-order valence-electron chi connectivity index (χ4n) is 2.13. The summed E-state index contributed by atoms with van der Waals surface area (Å²) >= 11 is 0. The minimum atomic E-state index is -1.39. The van der Waals surface area contributed by atoms with Crippen molar-refractivity contribution in [3.63, 3.8) is 0 Å². The number of ether oxygens (including phenoxy) is 1. The van der Waals surface area contributed by atoms with E-state index in [2.05, 4.69) is 15.4 Å². The average Bonchev–Trinajstić information content (AvgIpc) is 2.94. The Balaban J connectivity index is 2.70. The summed E-state index contributed by atoms with van der Waals surface area (Å²) in [4.78, 5) is 47.2. The SMILES string of the molecule is CNC(=O)C1CCCN1C(=O)N[C@@H](CC(=O)OC)C(=O)O. The molecule has 1 saturated heterocycles. The van der Waals surface area contributed by atoms with Crippen molar-refractivity contribution in [1.29, 1.82) is 0 Å². The van der Waals surface area contributed by atoms with Gasteiger partial charge >= 0.3 is 18.0 Å². The van der Waals surface area contributed by atoms with Crippen LogP contribution in [0.15, 0.2) is 0 Å². The van der Waals surface area contributed by atoms with Gasteiger partial charge in [-0.25, -0.2) is 9.59 Å². The van der Waals surface area contributed by atoms with E-state index in [0.29, 0.717) is 19.4 Å². The standard InChI is InChI=1S/C12H19N3O6/c1-13-10(17)8-4-3-5-15(8)12(20)14-7(11(18)19)6-9(16)21-2/h7-8H,3-6H2,1-2H3,(H,13,17)(H,14,20)(H,18,19)/t7-,8?/m0/s1. The highest BCUT2D eigenvalue weighted by atomic mass is 16.5. The number of carboxylic acid groups (broad SMARTS) is 1. The van der Waals surface area contributed by atoms with E-state index in [0.717, 1.165) is 7.11 Å². The predicted octanol–water partition coefficient (Wildman–Crippen LogP) is -1.08. The Hall–Kier alpha value is -2.32. The van der Waals surface area contributed by atoms with Crippen LogP contribution in [-0.2, 0) is 19.1 Å². The van der Waals surface area contributed by atoms with Crippen molar-refractivity contribution < 1.29 is 29.0 Å². The topological polar surface area (TPSA) is 125 Å². The number of hydrogen-bond donors (Lipinski definition) is 3. The van der Waals surface area contributed by atoms with Gasteiger partial charge < -0.3 is 25.4 Å². The highest BCUT2D eigenvalue weighted by molar-refractivity contribution is 5.90. The van der Waals surface area contributed by atoms with Crippen molar-refractivity contribution in [2.45, 2.75) is 31.3 Å². The maximum Gasteiger partial charge on any atom is 0.326 e. The summed E-state index contributed by atoms with van der Waals surface area (Å²) in [6.07, 6.45) is 0.693. The van der Waals surface area contributed by atoms with E-state index in [4.69, 9.17) is 5.11 Å². The molecule has 1 aliphatic rings. The number of rotatable bonds is 5. The van der Waals surface area contributed by atoms with E-state index in [1.165, 1.54) is 11.9 Å². The average molecular weight is 301 g/mol. The highest BCUT2D eigenvalue weighted by Gasteiger charge is 2.35. The van der Waals surface area contributed by atoms with Crippen LogP contribution in [0, 0.1) is 0 Å². The molecule has 1 fully saturated rings. The summed E-state index contributed by atoms with van der Waals surface area (Å²) < 4.78 is 4.38. The molecule has 0 aromatic rings. The molecular formula is C12H19N3O6. The van der Waals surface area contributed by atoms with Crippen molar-refractivity contribution in [2.75, 3.05) is 20.7 Å². The number of esters is 1. The Morgan fingerprint density at radius 2 is 2.05 bits per heavy atom. The van der Waals surface area contributed by atoms with E-state index in [1.807, 2.05) is 0 Å². The molecule has 1 rings (SSSR count). The van der Waals surface area contributed by atoms with Gasteiger partial charge in [-0.2, -0.15) is 0 Å². The number of nitrogens with zero attached hydrogens (tertiary/aromatic N) is 1. The molecule has 21 heavy (non-hydrogen) atoms. The molecule has 3 N–H and O–H groups in total. The summed E-state index contributed by atoms with van der Waals surface area (Å²) in [5.74, 6) is -2.39. The van der Waals surface area contributed by atoms with Gasteiger partial charge in [0.05, 0.1) is 13.5 Å². The molecule has 0 aromatic carbocycles. The number of hydrogen-bond acceptors (Lipinski definition) is 5. The highest BCUT2D eigenvalue weighted by Crippen LogP contribution is 2.17. The Labute approximate surface area is 121 Å². The molecular weight excluding hydrogens is 282 g/mol. The summed E-state index contributed by atoms with van der Waals surface area (Å²) in [6, 6.07) is -2.70. The summed E-state index contributed by atoms with van der Waals surface area (Å²) in [7, 11) is 2.60. The van der Waals surface area contributed by atoms with Gasteiger partial charge in [-0.05, 0) is 12.8 Å². The monoisotopic (exact) mass is 301 g/mol. The van der Waals surface area contributed by atoms with Crippen molar-refractivity contribution in [1.82, 2.24) is 15.5 Å². The third kappa shape index (κ3) is 4.33. The van der Waals surface area contributed by atoms with Crippen LogP contribution in [0.3, 0.4) is 0 Å². The second kappa shape index (κ2) is 7.46. The van der Waals surface area contributed by atoms with Crippen LogP contribution >= 0.6 is 0 Å². The second-order valence-electron chi connectivity index (χ2n) is 4.59. The molecule has 2 atom stereocenters. The Morgan fingerprint density at radius 1 is 1.38 bits per heavy atom. The van der Waals surface area contributed by atoms with Gasteiger partial charge in [0.25, 0.3) is 0 Å². The van der Waals surface area contributed by atoms with E-state index in [-0.39, 0.29) is 5.91 Å². The van der Waals surface area contributed by atoms with E-state index in [1.54, 1.807) is 0 Å². The number of carbonyl (C=O) groups excluding carboxylic acids is 3. The number of nitrogens with one attached hydrogen (secondary N) is 2. The zero-order valence-corrected chi connectivity index (χ0v) is 11.9. The lowest BCUT2D eigenvalue weighted by Crippen LogP contribution is -2.53. The zero-order valence-electron chi connectivity index (χ0n) is 11.9. The number of amides is 3. The molecule has 0 aliphatic carbocycles. The third-order valence-electron chi connectivity index (χ3n) is 3.26. The molecule has 3 amide bonds. The molecule has 1 unspecified atom stereocenters. The number of urea groups is 1. The van der Waals surface area contributed by atoms with Crippen LogP contribution < -0.4 is 10.6 Å². The lowest BCUT2D eigenvalue weighted by atomic mass is 10.2. The molecule has 0 saturated carbocycles. The van der Waals surface area contributed by atoms with Gasteiger partial charge in [0.2, 0.25) is 5.91 Å². The first-order valence-electron chi connectivity index (χ1n) is 6.49. The largest absolute Gasteiger partial charge is 0.480 e. The fourth-order valence-corrected chi connectivity index (χ4v) is 2.13. The van der Waals surface area contributed by atoms with Crippen LogP contribution in [0.5, 0.6) is 0 Å². The fraction of sp³-hybridized carbons (Fsp3) is 0.667. The molecule has 1 aliphatic heterocycles. The molecule has 0 spiro atoms. The Morgan fingerprint density at radius 3 is 2.57 bits per heavy atom. The van der Waals surface area contributed by atoms with Crippen molar-refractivity contribution >= 4 is 23.9 Å².